The topological polar surface area (TPSA) is 30.7 Å². The molecule has 30 heavy (non-hydrogen) atoms. The van der Waals surface area contributed by atoms with Gasteiger partial charge in [-0.15, -0.1) is 10.2 Å². The molecule has 0 unspecified atom stereocenters. The summed E-state index contributed by atoms with van der Waals surface area (Å²) in [4.78, 5) is 0. The summed E-state index contributed by atoms with van der Waals surface area (Å²) in [7, 11) is 0. The number of hydrogen-bond acceptors (Lipinski definition) is 3. The van der Waals surface area contributed by atoms with Gasteiger partial charge in [-0.05, 0) is 40.8 Å². The normalized spacial score (nSPS) is 11.6. The van der Waals surface area contributed by atoms with E-state index in [1.807, 2.05) is 42.5 Å². The number of nitrogens with zero attached hydrogens (tertiary/aromatic N) is 3. The second kappa shape index (κ2) is 8.66. The van der Waals surface area contributed by atoms with Gasteiger partial charge in [-0.25, -0.2) is 0 Å². The Morgan fingerprint density at radius 3 is 2.27 bits per heavy atom. The summed E-state index contributed by atoms with van der Waals surface area (Å²) in [6.07, 6.45) is 0. The molecule has 0 amide bonds. The Balaban J connectivity index is 1.65. The van der Waals surface area contributed by atoms with E-state index in [1.54, 1.807) is 11.8 Å². The zero-order valence-electron chi connectivity index (χ0n) is 17.3. The first-order valence-corrected chi connectivity index (χ1v) is 11.3. The summed E-state index contributed by atoms with van der Waals surface area (Å²) in [5.74, 6) is 1.61. The van der Waals surface area contributed by atoms with Gasteiger partial charge in [0.05, 0.1) is 0 Å². The summed E-state index contributed by atoms with van der Waals surface area (Å²) in [5, 5.41) is 10.5. The number of para-hydroxylation sites is 1. The molecule has 3 aromatic carbocycles. The predicted octanol–water partition coefficient (Wildman–Crippen LogP) is 7.18. The van der Waals surface area contributed by atoms with E-state index < -0.39 is 0 Å². The van der Waals surface area contributed by atoms with Crippen LogP contribution in [0.15, 0.2) is 84.0 Å². The lowest BCUT2D eigenvalue weighted by atomic mass is 9.87. The first kappa shape index (κ1) is 20.7. The average Bonchev–Trinajstić information content (AvgIpc) is 3.16. The quantitative estimate of drug-likeness (QED) is 0.312. The van der Waals surface area contributed by atoms with E-state index in [1.165, 1.54) is 11.1 Å². The van der Waals surface area contributed by atoms with Crippen molar-refractivity contribution in [2.45, 2.75) is 37.1 Å². The van der Waals surface area contributed by atoms with E-state index in [-0.39, 0.29) is 5.41 Å². The van der Waals surface area contributed by atoms with Crippen molar-refractivity contribution in [2.24, 2.45) is 0 Å². The Labute approximate surface area is 187 Å². The summed E-state index contributed by atoms with van der Waals surface area (Å²) in [6, 6.07) is 26.8. The maximum absolute atomic E-state index is 6.22. The van der Waals surface area contributed by atoms with Gasteiger partial charge >= 0.3 is 0 Å². The molecule has 5 heteroatoms. The fourth-order valence-electron chi connectivity index (χ4n) is 3.24. The van der Waals surface area contributed by atoms with E-state index in [2.05, 4.69) is 71.9 Å². The number of hydrogen-bond donors (Lipinski definition) is 0. The van der Waals surface area contributed by atoms with Crippen LogP contribution in [0.4, 0.5) is 0 Å². The number of halogens is 1. The lowest BCUT2D eigenvalue weighted by Crippen LogP contribution is -2.10. The van der Waals surface area contributed by atoms with Crippen molar-refractivity contribution in [2.75, 3.05) is 0 Å². The van der Waals surface area contributed by atoms with Crippen LogP contribution >= 0.6 is 23.4 Å². The Morgan fingerprint density at radius 2 is 1.60 bits per heavy atom. The van der Waals surface area contributed by atoms with Crippen LogP contribution in [-0.4, -0.2) is 14.8 Å². The third-order valence-corrected chi connectivity index (χ3v) is 6.15. The lowest BCUT2D eigenvalue weighted by molar-refractivity contribution is 0.590. The van der Waals surface area contributed by atoms with Crippen LogP contribution in [0.5, 0.6) is 0 Å². The van der Waals surface area contributed by atoms with E-state index in [0.717, 1.165) is 28.0 Å². The summed E-state index contributed by atoms with van der Waals surface area (Å²) >= 11 is 7.91. The van der Waals surface area contributed by atoms with E-state index in [4.69, 9.17) is 11.6 Å². The Morgan fingerprint density at radius 1 is 0.867 bits per heavy atom. The second-order valence-electron chi connectivity index (χ2n) is 8.22. The Hall–Kier alpha value is -2.56. The molecule has 0 saturated heterocycles. The average molecular weight is 434 g/mol. The van der Waals surface area contributed by atoms with Gasteiger partial charge in [-0.3, -0.25) is 4.57 Å². The van der Waals surface area contributed by atoms with Crippen LogP contribution in [0.1, 0.15) is 31.9 Å². The fourth-order valence-corrected chi connectivity index (χ4v) is 4.33. The smallest absolute Gasteiger partial charge is 0.196 e. The highest BCUT2D eigenvalue weighted by Crippen LogP contribution is 2.31. The molecule has 0 radical (unpaired) electrons. The van der Waals surface area contributed by atoms with Crippen LogP contribution in [0, 0.1) is 0 Å². The zero-order valence-corrected chi connectivity index (χ0v) is 18.9. The van der Waals surface area contributed by atoms with Crippen molar-refractivity contribution < 1.29 is 0 Å². The van der Waals surface area contributed by atoms with Crippen LogP contribution < -0.4 is 0 Å². The fraction of sp³-hybridized carbons (Fsp3) is 0.200. The monoisotopic (exact) mass is 433 g/mol. The highest BCUT2D eigenvalue weighted by Gasteiger charge is 2.17. The van der Waals surface area contributed by atoms with Crippen molar-refractivity contribution in [1.29, 1.82) is 0 Å². The largest absolute Gasteiger partial charge is 0.270 e. The van der Waals surface area contributed by atoms with Crippen molar-refractivity contribution >= 4 is 23.4 Å². The van der Waals surface area contributed by atoms with Gasteiger partial charge < -0.3 is 0 Å². The molecule has 0 atom stereocenters. The molecule has 0 aliphatic rings. The highest BCUT2D eigenvalue weighted by molar-refractivity contribution is 7.98. The van der Waals surface area contributed by atoms with E-state index in [9.17, 15) is 0 Å². The predicted molar refractivity (Wildman–Crippen MR) is 127 cm³/mol. The molecule has 0 bridgehead atoms. The molecule has 0 aliphatic heterocycles. The maximum atomic E-state index is 6.22. The van der Waals surface area contributed by atoms with Gasteiger partial charge in [0.15, 0.2) is 11.0 Å². The molecule has 1 heterocycles. The van der Waals surface area contributed by atoms with Gasteiger partial charge in [0.2, 0.25) is 0 Å². The molecular formula is C25H24ClN3S. The number of rotatable bonds is 5. The van der Waals surface area contributed by atoms with Crippen LogP contribution in [-0.2, 0) is 11.2 Å². The van der Waals surface area contributed by atoms with Gasteiger partial charge in [0.25, 0.3) is 0 Å². The molecule has 0 aliphatic carbocycles. The van der Waals surface area contributed by atoms with Gasteiger partial charge in [-0.2, -0.15) is 0 Å². The second-order valence-corrected chi connectivity index (χ2v) is 9.60. The van der Waals surface area contributed by atoms with Crippen molar-refractivity contribution in [3.63, 3.8) is 0 Å². The molecular weight excluding hydrogens is 410 g/mol. The highest BCUT2D eigenvalue weighted by atomic mass is 35.5. The summed E-state index contributed by atoms with van der Waals surface area (Å²) < 4.78 is 2.10. The minimum atomic E-state index is 0.158. The number of thioether (sulfide) groups is 1. The van der Waals surface area contributed by atoms with Gasteiger partial charge in [0, 0.05) is 22.0 Å². The third-order valence-electron chi connectivity index (χ3n) is 4.92. The molecule has 0 spiro atoms. The van der Waals surface area contributed by atoms with Crippen LogP contribution in [0.3, 0.4) is 0 Å². The minimum Gasteiger partial charge on any atom is -0.270 e. The molecule has 4 rings (SSSR count). The van der Waals surface area contributed by atoms with Gasteiger partial charge in [0.1, 0.15) is 0 Å². The van der Waals surface area contributed by atoms with E-state index in [0.29, 0.717) is 5.02 Å². The molecule has 152 valence electrons. The van der Waals surface area contributed by atoms with Crippen molar-refractivity contribution in [3.05, 3.63) is 95.0 Å². The molecule has 0 N–H and O–H groups in total. The molecule has 0 fully saturated rings. The Bertz CT molecular complexity index is 1130. The Kier molecular flexibility index (Phi) is 5.98. The maximum Gasteiger partial charge on any atom is 0.196 e. The molecule has 1 aromatic heterocycles. The summed E-state index contributed by atoms with van der Waals surface area (Å²) in [5.41, 5.74) is 4.74. The number of aromatic nitrogens is 3. The van der Waals surface area contributed by atoms with Crippen LogP contribution in [0.25, 0.3) is 17.1 Å². The van der Waals surface area contributed by atoms with Crippen molar-refractivity contribution in [1.82, 2.24) is 14.8 Å². The molecule has 4 aromatic rings. The van der Waals surface area contributed by atoms with Crippen LogP contribution in [0.2, 0.25) is 5.02 Å². The zero-order chi connectivity index (χ0) is 21.1. The molecule has 0 saturated carbocycles. The third kappa shape index (κ3) is 4.61. The van der Waals surface area contributed by atoms with Crippen molar-refractivity contribution in [3.8, 4) is 17.1 Å². The van der Waals surface area contributed by atoms with Gasteiger partial charge in [-0.1, -0.05) is 98.7 Å². The first-order chi connectivity index (χ1) is 14.4. The molecule has 3 nitrogen and oxygen atoms in total. The standard InChI is InChI=1S/C25H24ClN3S/c1-25(2,3)20-14-12-18(13-15-20)17-30-24-28-27-23(19-8-7-9-21(26)16-19)29(24)22-10-5-4-6-11-22/h4-16H,17H2,1-3H3. The summed E-state index contributed by atoms with van der Waals surface area (Å²) in [6.45, 7) is 6.70. The van der Waals surface area contributed by atoms with E-state index >= 15 is 0 Å². The first-order valence-electron chi connectivity index (χ1n) is 9.91. The number of benzene rings is 3. The minimum absolute atomic E-state index is 0.158. The lowest BCUT2D eigenvalue weighted by Gasteiger charge is -2.19. The SMILES string of the molecule is CC(C)(C)c1ccc(CSc2nnc(-c3cccc(Cl)c3)n2-c2ccccc2)cc1.